The molecule has 1 aliphatic heterocycles. The summed E-state index contributed by atoms with van der Waals surface area (Å²) >= 11 is 0. The summed E-state index contributed by atoms with van der Waals surface area (Å²) in [5.74, 6) is 0. The first-order valence-corrected chi connectivity index (χ1v) is 7.06. The molecule has 1 aliphatic rings. The summed E-state index contributed by atoms with van der Waals surface area (Å²) < 4.78 is 6.56. The van der Waals surface area contributed by atoms with Crippen molar-refractivity contribution in [2.75, 3.05) is 6.61 Å². The zero-order valence-electron chi connectivity index (χ0n) is 12.0. The van der Waals surface area contributed by atoms with Crippen LogP contribution in [0.1, 0.15) is 11.7 Å². The Labute approximate surface area is 130 Å². The molecule has 2 aromatic rings. The number of H-pyrrole nitrogens is 1. The van der Waals surface area contributed by atoms with Crippen molar-refractivity contribution in [2.45, 2.75) is 24.4 Å². The maximum absolute atomic E-state index is 12.1. The molecule has 122 valence electrons. The molecule has 0 radical (unpaired) electrons. The number of aromatic amines is 1. The number of rotatable bonds is 3. The van der Waals surface area contributed by atoms with E-state index in [0.717, 1.165) is 0 Å². The van der Waals surface area contributed by atoms with E-state index in [9.17, 15) is 19.8 Å². The molecule has 4 atom stereocenters. The number of hydrogen-bond acceptors (Lipinski definition) is 6. The lowest BCUT2D eigenvalue weighted by molar-refractivity contribution is -0.0233. The molecular formula is C15H16N2O6. The Bertz CT molecular complexity index is 800. The molecule has 8 heteroatoms. The highest BCUT2D eigenvalue weighted by Crippen LogP contribution is 2.31. The van der Waals surface area contributed by atoms with E-state index >= 15 is 0 Å². The van der Waals surface area contributed by atoms with Crippen molar-refractivity contribution in [3.8, 4) is 5.69 Å². The van der Waals surface area contributed by atoms with Gasteiger partial charge in [0.05, 0.1) is 17.9 Å². The van der Waals surface area contributed by atoms with E-state index in [0.29, 0.717) is 5.69 Å². The lowest BCUT2D eigenvalue weighted by Crippen LogP contribution is -2.35. The molecule has 0 saturated carbocycles. The number of benzene rings is 1. The zero-order valence-corrected chi connectivity index (χ0v) is 12.0. The van der Waals surface area contributed by atoms with Gasteiger partial charge in [0.15, 0.2) is 0 Å². The van der Waals surface area contributed by atoms with Gasteiger partial charge in [-0.15, -0.1) is 0 Å². The second-order valence-electron chi connectivity index (χ2n) is 5.31. The van der Waals surface area contributed by atoms with Crippen LogP contribution in [0.25, 0.3) is 5.69 Å². The Morgan fingerprint density at radius 2 is 1.83 bits per heavy atom. The maximum Gasteiger partial charge on any atom is 0.332 e. The predicted molar refractivity (Wildman–Crippen MR) is 79.4 cm³/mol. The molecule has 0 amide bonds. The van der Waals surface area contributed by atoms with Crippen LogP contribution in [0.15, 0.2) is 46.1 Å². The Morgan fingerprint density at radius 1 is 1.13 bits per heavy atom. The van der Waals surface area contributed by atoms with Crippen LogP contribution in [0.2, 0.25) is 0 Å². The third kappa shape index (κ3) is 2.73. The molecule has 0 spiro atoms. The summed E-state index contributed by atoms with van der Waals surface area (Å²) in [5.41, 5.74) is -0.814. The van der Waals surface area contributed by atoms with Gasteiger partial charge < -0.3 is 20.1 Å². The summed E-state index contributed by atoms with van der Waals surface area (Å²) in [7, 11) is 0. The number of nitrogens with zero attached hydrogens (tertiary/aromatic N) is 1. The summed E-state index contributed by atoms with van der Waals surface area (Å²) in [6.45, 7) is -0.495. The van der Waals surface area contributed by atoms with Gasteiger partial charge in [0, 0.05) is 6.20 Å². The number of ether oxygens (including phenoxy) is 1. The molecular weight excluding hydrogens is 304 g/mol. The number of aromatic nitrogens is 2. The van der Waals surface area contributed by atoms with Gasteiger partial charge in [0.1, 0.15) is 24.4 Å². The summed E-state index contributed by atoms with van der Waals surface area (Å²) in [6, 6.07) is 8.62. The van der Waals surface area contributed by atoms with Gasteiger partial charge in [-0.25, -0.2) is 4.79 Å². The molecule has 8 nitrogen and oxygen atoms in total. The Hall–Kier alpha value is -2.26. The minimum Gasteiger partial charge on any atom is -0.394 e. The monoisotopic (exact) mass is 320 g/mol. The Balaban J connectivity index is 2.08. The normalized spacial score (nSPS) is 27.3. The van der Waals surface area contributed by atoms with Crippen molar-refractivity contribution >= 4 is 0 Å². The highest BCUT2D eigenvalue weighted by atomic mass is 16.6. The fourth-order valence-corrected chi connectivity index (χ4v) is 2.63. The van der Waals surface area contributed by atoms with Crippen molar-refractivity contribution in [3.05, 3.63) is 62.9 Å². The van der Waals surface area contributed by atoms with Crippen LogP contribution >= 0.6 is 0 Å². The minimum atomic E-state index is -1.38. The molecule has 1 aromatic heterocycles. The first kappa shape index (κ1) is 15.6. The van der Waals surface area contributed by atoms with E-state index in [2.05, 4.69) is 4.98 Å². The smallest absolute Gasteiger partial charge is 0.332 e. The molecule has 0 aliphatic carbocycles. The van der Waals surface area contributed by atoms with Crippen LogP contribution in [-0.4, -0.2) is 49.8 Å². The Morgan fingerprint density at radius 3 is 2.43 bits per heavy atom. The molecule has 0 unspecified atom stereocenters. The van der Waals surface area contributed by atoms with Crippen molar-refractivity contribution in [2.24, 2.45) is 0 Å². The summed E-state index contributed by atoms with van der Waals surface area (Å²) in [6.07, 6.45) is -3.55. The van der Waals surface area contributed by atoms with Crippen LogP contribution in [-0.2, 0) is 4.74 Å². The van der Waals surface area contributed by atoms with Gasteiger partial charge in [-0.05, 0) is 12.1 Å². The van der Waals surface area contributed by atoms with Crippen LogP contribution in [0, 0.1) is 0 Å². The van der Waals surface area contributed by atoms with E-state index < -0.39 is 42.3 Å². The van der Waals surface area contributed by atoms with E-state index in [1.54, 1.807) is 30.3 Å². The highest BCUT2D eigenvalue weighted by Gasteiger charge is 2.44. The van der Waals surface area contributed by atoms with Gasteiger partial charge in [-0.2, -0.15) is 0 Å². The second kappa shape index (κ2) is 6.09. The SMILES string of the molecule is O=c1[nH]c(=O)n(-c2ccccc2)cc1[C@@H]1O[C@H](CO)[C@@H](O)[C@H]1O. The Kier molecular flexibility index (Phi) is 4.14. The van der Waals surface area contributed by atoms with Gasteiger partial charge in [0.25, 0.3) is 5.56 Å². The number of nitrogens with one attached hydrogen (secondary N) is 1. The minimum absolute atomic E-state index is 0.00375. The van der Waals surface area contributed by atoms with Gasteiger partial charge in [-0.3, -0.25) is 14.3 Å². The van der Waals surface area contributed by atoms with Gasteiger partial charge >= 0.3 is 5.69 Å². The van der Waals surface area contributed by atoms with E-state index in [-0.39, 0.29) is 5.56 Å². The molecule has 23 heavy (non-hydrogen) atoms. The van der Waals surface area contributed by atoms with Crippen LogP contribution < -0.4 is 11.2 Å². The molecule has 1 aromatic carbocycles. The van der Waals surface area contributed by atoms with Crippen molar-refractivity contribution in [1.82, 2.24) is 9.55 Å². The lowest BCUT2D eigenvalue weighted by Gasteiger charge is -2.15. The third-order valence-electron chi connectivity index (χ3n) is 3.85. The average Bonchev–Trinajstić information content (AvgIpc) is 2.84. The maximum atomic E-state index is 12.1. The predicted octanol–water partition coefficient (Wildman–Crippen LogP) is -1.32. The van der Waals surface area contributed by atoms with Crippen LogP contribution in [0.4, 0.5) is 0 Å². The summed E-state index contributed by atoms with van der Waals surface area (Å²) in [4.78, 5) is 26.2. The topological polar surface area (TPSA) is 125 Å². The van der Waals surface area contributed by atoms with Gasteiger partial charge in [-0.1, -0.05) is 18.2 Å². The average molecular weight is 320 g/mol. The van der Waals surface area contributed by atoms with E-state index in [4.69, 9.17) is 9.84 Å². The van der Waals surface area contributed by atoms with Crippen molar-refractivity contribution in [1.29, 1.82) is 0 Å². The van der Waals surface area contributed by atoms with Crippen LogP contribution in [0.3, 0.4) is 0 Å². The van der Waals surface area contributed by atoms with E-state index in [1.165, 1.54) is 10.8 Å². The number of para-hydroxylation sites is 1. The zero-order chi connectivity index (χ0) is 16.6. The number of aliphatic hydroxyl groups is 3. The summed E-state index contributed by atoms with van der Waals surface area (Å²) in [5, 5.41) is 29.0. The van der Waals surface area contributed by atoms with Crippen molar-refractivity contribution < 1.29 is 20.1 Å². The standard InChI is InChI=1S/C15H16N2O6/c18-7-10-11(19)12(20)13(23-10)9-6-17(15(22)16-14(9)21)8-4-2-1-3-5-8/h1-6,10-13,18-20H,7H2,(H,16,21,22)/t10-,11-,12-,13+/m1/s1. The largest absolute Gasteiger partial charge is 0.394 e. The number of hydrogen-bond donors (Lipinski definition) is 4. The second-order valence-corrected chi connectivity index (χ2v) is 5.31. The fourth-order valence-electron chi connectivity index (χ4n) is 2.63. The first-order chi connectivity index (χ1) is 11.0. The first-order valence-electron chi connectivity index (χ1n) is 7.06. The molecule has 4 N–H and O–H groups in total. The third-order valence-corrected chi connectivity index (χ3v) is 3.85. The molecule has 3 rings (SSSR count). The lowest BCUT2D eigenvalue weighted by atomic mass is 10.0. The van der Waals surface area contributed by atoms with Crippen LogP contribution in [0.5, 0.6) is 0 Å². The van der Waals surface area contributed by atoms with Crippen molar-refractivity contribution in [3.63, 3.8) is 0 Å². The van der Waals surface area contributed by atoms with E-state index in [1.807, 2.05) is 0 Å². The molecule has 0 bridgehead atoms. The van der Waals surface area contributed by atoms with Gasteiger partial charge in [0.2, 0.25) is 0 Å². The molecule has 2 heterocycles. The highest BCUT2D eigenvalue weighted by molar-refractivity contribution is 5.32. The molecule has 1 saturated heterocycles. The fraction of sp³-hybridized carbons (Fsp3) is 0.333. The molecule has 1 fully saturated rings. The quantitative estimate of drug-likeness (QED) is 0.556. The number of aliphatic hydroxyl groups excluding tert-OH is 3.